The van der Waals surface area contributed by atoms with E-state index in [1.165, 1.54) is 31.5 Å². The molecule has 0 bridgehead atoms. The monoisotopic (exact) mass is 261 g/mol. The molecule has 106 valence electrons. The number of piperidine rings is 1. The topological polar surface area (TPSA) is 28.2 Å². The number of hydrogen-bond acceptors (Lipinski definition) is 3. The largest absolute Gasteiger partial charge is 0.370 e. The minimum atomic E-state index is 0.831. The zero-order valence-electron chi connectivity index (χ0n) is 12.5. The van der Waals surface area contributed by atoms with Crippen molar-refractivity contribution < 1.29 is 0 Å². The second-order valence-corrected chi connectivity index (χ2v) is 5.90. The van der Waals surface area contributed by atoms with E-state index in [9.17, 15) is 0 Å². The van der Waals surface area contributed by atoms with Crippen LogP contribution in [0.1, 0.15) is 39.2 Å². The van der Waals surface area contributed by atoms with Gasteiger partial charge >= 0.3 is 0 Å². The molecule has 0 amide bonds. The third-order valence-electron chi connectivity index (χ3n) is 4.20. The van der Waals surface area contributed by atoms with Gasteiger partial charge in [0.25, 0.3) is 0 Å². The first-order valence-corrected chi connectivity index (χ1v) is 7.60. The van der Waals surface area contributed by atoms with Crippen LogP contribution in [0.4, 0.5) is 5.82 Å². The molecular weight excluding hydrogens is 234 g/mol. The van der Waals surface area contributed by atoms with Gasteiger partial charge in [-0.1, -0.05) is 19.9 Å². The predicted octanol–water partition coefficient (Wildman–Crippen LogP) is 3.38. The van der Waals surface area contributed by atoms with E-state index in [4.69, 9.17) is 0 Å². The van der Waals surface area contributed by atoms with Gasteiger partial charge in [-0.15, -0.1) is 0 Å². The number of aromatic nitrogens is 1. The summed E-state index contributed by atoms with van der Waals surface area (Å²) in [5.74, 6) is 2.80. The number of hydrogen-bond donors (Lipinski definition) is 1. The molecule has 0 unspecified atom stereocenters. The standard InChI is InChI=1S/C16H27N3/c1-4-17-16-15(6-5-9-18-16)12-19-10-7-14(8-11-19)13(2)3/h5-6,9,13-14H,4,7-8,10-12H2,1-3H3,(H,17,18). The summed E-state index contributed by atoms with van der Waals surface area (Å²) < 4.78 is 0. The van der Waals surface area contributed by atoms with Crippen LogP contribution in [0.2, 0.25) is 0 Å². The lowest BCUT2D eigenvalue weighted by Gasteiger charge is -2.34. The fourth-order valence-corrected chi connectivity index (χ4v) is 2.91. The summed E-state index contributed by atoms with van der Waals surface area (Å²) in [6, 6.07) is 4.23. The SMILES string of the molecule is CCNc1ncccc1CN1CCC(C(C)C)CC1. The average molecular weight is 261 g/mol. The van der Waals surface area contributed by atoms with Crippen molar-refractivity contribution in [1.82, 2.24) is 9.88 Å². The van der Waals surface area contributed by atoms with Gasteiger partial charge < -0.3 is 5.32 Å². The summed E-state index contributed by atoms with van der Waals surface area (Å²) in [4.78, 5) is 7.01. The minimum Gasteiger partial charge on any atom is -0.370 e. The van der Waals surface area contributed by atoms with Crippen LogP contribution in [0.25, 0.3) is 0 Å². The molecule has 1 saturated heterocycles. The lowest BCUT2D eigenvalue weighted by atomic mass is 9.86. The van der Waals surface area contributed by atoms with Gasteiger partial charge in [0.15, 0.2) is 0 Å². The molecule has 3 heteroatoms. The van der Waals surface area contributed by atoms with Gasteiger partial charge in [-0.3, -0.25) is 4.90 Å². The van der Waals surface area contributed by atoms with Crippen LogP contribution in [0.15, 0.2) is 18.3 Å². The first-order chi connectivity index (χ1) is 9.20. The molecule has 1 aromatic rings. The second-order valence-electron chi connectivity index (χ2n) is 5.90. The zero-order valence-corrected chi connectivity index (χ0v) is 12.5. The van der Waals surface area contributed by atoms with E-state index in [-0.39, 0.29) is 0 Å². The second kappa shape index (κ2) is 6.90. The summed E-state index contributed by atoms with van der Waals surface area (Å²) in [5, 5.41) is 3.35. The van der Waals surface area contributed by atoms with Crippen molar-refractivity contribution in [3.05, 3.63) is 23.9 Å². The molecule has 3 nitrogen and oxygen atoms in total. The van der Waals surface area contributed by atoms with E-state index in [0.29, 0.717) is 0 Å². The Kier molecular flexibility index (Phi) is 5.20. The van der Waals surface area contributed by atoms with Crippen LogP contribution in [0.3, 0.4) is 0 Å². The Hall–Kier alpha value is -1.09. The molecule has 1 fully saturated rings. The Morgan fingerprint density at radius 1 is 1.37 bits per heavy atom. The van der Waals surface area contributed by atoms with Gasteiger partial charge in [0.05, 0.1) is 0 Å². The Morgan fingerprint density at radius 2 is 2.11 bits per heavy atom. The van der Waals surface area contributed by atoms with E-state index >= 15 is 0 Å². The first kappa shape index (κ1) is 14.3. The van der Waals surface area contributed by atoms with Crippen molar-refractivity contribution in [2.45, 2.75) is 40.2 Å². The maximum Gasteiger partial charge on any atom is 0.130 e. The van der Waals surface area contributed by atoms with Gasteiger partial charge in [0.2, 0.25) is 0 Å². The van der Waals surface area contributed by atoms with E-state index in [2.05, 4.69) is 42.0 Å². The molecule has 1 aliphatic rings. The number of anilines is 1. The van der Waals surface area contributed by atoms with Gasteiger partial charge in [0, 0.05) is 24.8 Å². The number of nitrogens with zero attached hydrogens (tertiary/aromatic N) is 2. The molecule has 0 aliphatic carbocycles. The van der Waals surface area contributed by atoms with E-state index < -0.39 is 0 Å². The van der Waals surface area contributed by atoms with E-state index in [1.807, 2.05) is 12.3 Å². The van der Waals surface area contributed by atoms with Gasteiger partial charge in [-0.2, -0.15) is 0 Å². The fourth-order valence-electron chi connectivity index (χ4n) is 2.91. The van der Waals surface area contributed by atoms with Crippen LogP contribution in [-0.2, 0) is 6.54 Å². The lowest BCUT2D eigenvalue weighted by molar-refractivity contribution is 0.152. The van der Waals surface area contributed by atoms with Gasteiger partial charge in [0.1, 0.15) is 5.82 Å². The van der Waals surface area contributed by atoms with Crippen LogP contribution < -0.4 is 5.32 Å². The average Bonchev–Trinajstić information content (AvgIpc) is 2.42. The smallest absolute Gasteiger partial charge is 0.130 e. The van der Waals surface area contributed by atoms with Crippen LogP contribution in [0.5, 0.6) is 0 Å². The summed E-state index contributed by atoms with van der Waals surface area (Å²) in [6.07, 6.45) is 4.55. The molecule has 1 aromatic heterocycles. The minimum absolute atomic E-state index is 0.831. The molecule has 0 atom stereocenters. The van der Waals surface area contributed by atoms with Crippen LogP contribution >= 0.6 is 0 Å². The third-order valence-corrected chi connectivity index (χ3v) is 4.20. The molecule has 0 aromatic carbocycles. The number of pyridine rings is 1. The quantitative estimate of drug-likeness (QED) is 0.880. The number of nitrogens with one attached hydrogen (secondary N) is 1. The Labute approximate surface area is 117 Å². The molecule has 1 N–H and O–H groups in total. The normalized spacial score (nSPS) is 17.9. The highest BCUT2D eigenvalue weighted by Crippen LogP contribution is 2.26. The van der Waals surface area contributed by atoms with Crippen molar-refractivity contribution in [1.29, 1.82) is 0 Å². The number of likely N-dealkylation sites (tertiary alicyclic amines) is 1. The number of rotatable bonds is 5. The maximum absolute atomic E-state index is 4.44. The van der Waals surface area contributed by atoms with Crippen molar-refractivity contribution >= 4 is 5.82 Å². The summed E-state index contributed by atoms with van der Waals surface area (Å²) in [6.45, 7) is 11.2. The van der Waals surface area contributed by atoms with Crippen molar-refractivity contribution in [2.24, 2.45) is 11.8 Å². The molecule has 0 radical (unpaired) electrons. The van der Waals surface area contributed by atoms with Crippen molar-refractivity contribution in [2.75, 3.05) is 25.0 Å². The van der Waals surface area contributed by atoms with E-state index in [1.54, 1.807) is 0 Å². The predicted molar refractivity (Wildman–Crippen MR) is 81.2 cm³/mol. The Bertz CT molecular complexity index is 381. The Morgan fingerprint density at radius 3 is 2.74 bits per heavy atom. The van der Waals surface area contributed by atoms with Crippen molar-refractivity contribution in [3.8, 4) is 0 Å². The zero-order chi connectivity index (χ0) is 13.7. The molecule has 0 spiro atoms. The van der Waals surface area contributed by atoms with Crippen LogP contribution in [0, 0.1) is 11.8 Å². The molecular formula is C16H27N3. The first-order valence-electron chi connectivity index (χ1n) is 7.60. The third kappa shape index (κ3) is 3.93. The Balaban J connectivity index is 1.92. The van der Waals surface area contributed by atoms with Gasteiger partial charge in [-0.25, -0.2) is 4.98 Å². The van der Waals surface area contributed by atoms with Crippen LogP contribution in [-0.4, -0.2) is 29.5 Å². The highest BCUT2D eigenvalue weighted by atomic mass is 15.1. The summed E-state index contributed by atoms with van der Waals surface area (Å²) in [7, 11) is 0. The lowest BCUT2D eigenvalue weighted by Crippen LogP contribution is -2.35. The molecule has 2 heterocycles. The van der Waals surface area contributed by atoms with Gasteiger partial charge in [-0.05, 0) is 50.8 Å². The molecule has 1 aliphatic heterocycles. The summed E-state index contributed by atoms with van der Waals surface area (Å²) in [5.41, 5.74) is 1.33. The highest BCUT2D eigenvalue weighted by molar-refractivity contribution is 5.43. The molecule has 2 rings (SSSR count). The maximum atomic E-state index is 4.44. The van der Waals surface area contributed by atoms with Crippen molar-refractivity contribution in [3.63, 3.8) is 0 Å². The summed E-state index contributed by atoms with van der Waals surface area (Å²) >= 11 is 0. The van der Waals surface area contributed by atoms with E-state index in [0.717, 1.165) is 30.7 Å². The fraction of sp³-hybridized carbons (Fsp3) is 0.688. The molecule has 0 saturated carbocycles. The molecule has 19 heavy (non-hydrogen) atoms. The highest BCUT2D eigenvalue weighted by Gasteiger charge is 2.21.